The molecule has 4 aromatic rings. The summed E-state index contributed by atoms with van der Waals surface area (Å²) in [6.45, 7) is 4.19. The molecule has 4 rings (SSSR count). The summed E-state index contributed by atoms with van der Waals surface area (Å²) < 4.78 is 16.6. The second-order valence-electron chi connectivity index (χ2n) is 6.13. The third-order valence-corrected chi connectivity index (χ3v) is 4.07. The molecule has 0 aliphatic carbocycles. The molecule has 7 heteroatoms. The highest BCUT2D eigenvalue weighted by atomic mass is 16.5. The van der Waals surface area contributed by atoms with E-state index in [1.807, 2.05) is 38.1 Å². The van der Waals surface area contributed by atoms with E-state index in [2.05, 4.69) is 15.2 Å². The van der Waals surface area contributed by atoms with Gasteiger partial charge in [0.2, 0.25) is 11.8 Å². The molecule has 2 heterocycles. The van der Waals surface area contributed by atoms with Gasteiger partial charge in [0.1, 0.15) is 12.4 Å². The van der Waals surface area contributed by atoms with E-state index in [0.717, 1.165) is 16.8 Å². The van der Waals surface area contributed by atoms with Crippen LogP contribution in [-0.2, 0) is 6.61 Å². The van der Waals surface area contributed by atoms with Crippen LogP contribution in [0.2, 0.25) is 0 Å². The Balaban J connectivity index is 1.46. The predicted molar refractivity (Wildman–Crippen MR) is 98.3 cm³/mol. The lowest BCUT2D eigenvalue weighted by Crippen LogP contribution is -1.95. The second-order valence-corrected chi connectivity index (χ2v) is 6.13. The standard InChI is InChI=1S/C20H17N3O4/c1-12-4-3-5-15(10-12)18-21-13(2)17(26-18)11-25-16-8-6-14(7-9-16)19-22-23-20(24)27-19/h3-10H,11H2,1-2H3,(H,23,24). The van der Waals surface area contributed by atoms with E-state index in [1.165, 1.54) is 0 Å². The highest BCUT2D eigenvalue weighted by Gasteiger charge is 2.12. The molecule has 1 N–H and O–H groups in total. The van der Waals surface area contributed by atoms with Crippen LogP contribution in [-0.4, -0.2) is 15.2 Å². The summed E-state index contributed by atoms with van der Waals surface area (Å²) in [5, 5.41) is 6.02. The predicted octanol–water partition coefficient (Wildman–Crippen LogP) is 3.88. The molecule has 0 bridgehead atoms. The maximum absolute atomic E-state index is 11.0. The monoisotopic (exact) mass is 363 g/mol. The van der Waals surface area contributed by atoms with Crippen LogP contribution >= 0.6 is 0 Å². The van der Waals surface area contributed by atoms with Gasteiger partial charge < -0.3 is 13.6 Å². The van der Waals surface area contributed by atoms with Crippen molar-refractivity contribution < 1.29 is 13.6 Å². The molecule has 0 unspecified atom stereocenters. The van der Waals surface area contributed by atoms with Gasteiger partial charge in [-0.3, -0.25) is 0 Å². The Kier molecular flexibility index (Phi) is 4.33. The van der Waals surface area contributed by atoms with Gasteiger partial charge in [0.05, 0.1) is 5.69 Å². The molecular weight excluding hydrogens is 346 g/mol. The van der Waals surface area contributed by atoms with Crippen molar-refractivity contribution in [1.82, 2.24) is 15.2 Å². The van der Waals surface area contributed by atoms with Crippen LogP contribution in [0.3, 0.4) is 0 Å². The lowest BCUT2D eigenvalue weighted by atomic mass is 10.1. The van der Waals surface area contributed by atoms with Crippen molar-refractivity contribution in [3.05, 3.63) is 76.1 Å². The normalized spacial score (nSPS) is 10.9. The maximum atomic E-state index is 11.0. The summed E-state index contributed by atoms with van der Waals surface area (Å²) in [7, 11) is 0. The number of hydrogen-bond acceptors (Lipinski definition) is 6. The Labute approximate surface area is 154 Å². The molecule has 0 aliphatic rings. The minimum absolute atomic E-state index is 0.237. The number of ether oxygens (including phenoxy) is 1. The van der Waals surface area contributed by atoms with Gasteiger partial charge in [-0.15, -0.1) is 5.10 Å². The zero-order chi connectivity index (χ0) is 18.8. The van der Waals surface area contributed by atoms with Gasteiger partial charge in [0, 0.05) is 11.1 Å². The molecule has 2 aromatic carbocycles. The van der Waals surface area contributed by atoms with Crippen LogP contribution in [0, 0.1) is 13.8 Å². The van der Waals surface area contributed by atoms with Gasteiger partial charge in [-0.05, 0) is 50.2 Å². The average molecular weight is 363 g/mol. The Morgan fingerprint density at radius 1 is 1.00 bits per heavy atom. The molecule has 2 aromatic heterocycles. The minimum Gasteiger partial charge on any atom is -0.486 e. The summed E-state index contributed by atoms with van der Waals surface area (Å²) in [5.74, 6) is 1.56. The van der Waals surface area contributed by atoms with Crippen LogP contribution in [0.15, 0.2) is 62.2 Å². The van der Waals surface area contributed by atoms with E-state index >= 15 is 0 Å². The van der Waals surface area contributed by atoms with Crippen molar-refractivity contribution in [2.24, 2.45) is 0 Å². The number of H-pyrrole nitrogens is 1. The van der Waals surface area contributed by atoms with Crippen molar-refractivity contribution >= 4 is 0 Å². The number of nitrogens with zero attached hydrogens (tertiary/aromatic N) is 2. The molecule has 0 atom stereocenters. The number of benzene rings is 2. The molecule has 0 radical (unpaired) electrons. The third kappa shape index (κ3) is 3.67. The van der Waals surface area contributed by atoms with Gasteiger partial charge in [0.15, 0.2) is 5.76 Å². The largest absolute Gasteiger partial charge is 0.486 e. The zero-order valence-corrected chi connectivity index (χ0v) is 14.9. The SMILES string of the molecule is Cc1cccc(-c2nc(C)c(COc3ccc(-c4n[nH]c(=O)o4)cc3)o2)c1. The number of rotatable bonds is 5. The quantitative estimate of drug-likeness (QED) is 0.578. The van der Waals surface area contributed by atoms with Crippen LogP contribution in [0.1, 0.15) is 17.0 Å². The molecule has 27 heavy (non-hydrogen) atoms. The molecule has 0 fully saturated rings. The first-order valence-corrected chi connectivity index (χ1v) is 8.40. The van der Waals surface area contributed by atoms with Crippen molar-refractivity contribution in [2.75, 3.05) is 0 Å². The molecule has 0 saturated carbocycles. The number of hydrogen-bond donors (Lipinski definition) is 1. The molecule has 0 amide bonds. The first kappa shape index (κ1) is 16.8. The Hall–Kier alpha value is -3.61. The lowest BCUT2D eigenvalue weighted by Gasteiger charge is -2.05. The molecule has 136 valence electrons. The van der Waals surface area contributed by atoms with Crippen molar-refractivity contribution in [3.63, 3.8) is 0 Å². The van der Waals surface area contributed by atoms with Crippen molar-refractivity contribution in [1.29, 1.82) is 0 Å². The fourth-order valence-corrected chi connectivity index (χ4v) is 2.66. The second kappa shape index (κ2) is 6.95. The summed E-state index contributed by atoms with van der Waals surface area (Å²) in [5.41, 5.74) is 3.56. The highest BCUT2D eigenvalue weighted by Crippen LogP contribution is 2.24. The minimum atomic E-state index is -0.587. The van der Waals surface area contributed by atoms with Gasteiger partial charge in [-0.2, -0.15) is 0 Å². The number of aryl methyl sites for hydroxylation is 2. The number of nitrogens with one attached hydrogen (secondary N) is 1. The van der Waals surface area contributed by atoms with Gasteiger partial charge in [-0.25, -0.2) is 14.9 Å². The highest BCUT2D eigenvalue weighted by molar-refractivity contribution is 5.55. The van der Waals surface area contributed by atoms with Crippen molar-refractivity contribution in [2.45, 2.75) is 20.5 Å². The van der Waals surface area contributed by atoms with E-state index in [1.54, 1.807) is 24.3 Å². The van der Waals surface area contributed by atoms with E-state index in [-0.39, 0.29) is 12.5 Å². The van der Waals surface area contributed by atoms with E-state index in [0.29, 0.717) is 23.0 Å². The smallest absolute Gasteiger partial charge is 0.434 e. The third-order valence-electron chi connectivity index (χ3n) is 4.07. The van der Waals surface area contributed by atoms with Crippen molar-refractivity contribution in [3.8, 4) is 28.7 Å². The summed E-state index contributed by atoms with van der Waals surface area (Å²) in [4.78, 5) is 15.5. The van der Waals surface area contributed by atoms with Gasteiger partial charge >= 0.3 is 5.76 Å². The zero-order valence-electron chi connectivity index (χ0n) is 14.9. The Morgan fingerprint density at radius 2 is 1.81 bits per heavy atom. The molecule has 0 spiro atoms. The van der Waals surface area contributed by atoms with E-state index in [4.69, 9.17) is 13.6 Å². The average Bonchev–Trinajstić information content (AvgIpc) is 3.26. The van der Waals surface area contributed by atoms with E-state index in [9.17, 15) is 4.79 Å². The maximum Gasteiger partial charge on any atom is 0.434 e. The number of aromatic nitrogens is 3. The fraction of sp³-hybridized carbons (Fsp3) is 0.150. The Morgan fingerprint density at radius 3 is 2.52 bits per heavy atom. The summed E-state index contributed by atoms with van der Waals surface area (Å²) in [6, 6.07) is 15.1. The van der Waals surface area contributed by atoms with Crippen LogP contribution in [0.4, 0.5) is 0 Å². The number of oxazole rings is 1. The topological polar surface area (TPSA) is 94.2 Å². The first-order chi connectivity index (χ1) is 13.1. The van der Waals surface area contributed by atoms with E-state index < -0.39 is 5.76 Å². The lowest BCUT2D eigenvalue weighted by molar-refractivity contribution is 0.271. The first-order valence-electron chi connectivity index (χ1n) is 8.40. The van der Waals surface area contributed by atoms with Gasteiger partial charge in [0.25, 0.3) is 0 Å². The molecule has 7 nitrogen and oxygen atoms in total. The molecule has 0 aliphatic heterocycles. The van der Waals surface area contributed by atoms with Gasteiger partial charge in [-0.1, -0.05) is 17.7 Å². The fourth-order valence-electron chi connectivity index (χ4n) is 2.66. The van der Waals surface area contributed by atoms with Crippen LogP contribution in [0.5, 0.6) is 5.75 Å². The number of aromatic amines is 1. The summed E-state index contributed by atoms with van der Waals surface area (Å²) >= 11 is 0. The van der Waals surface area contributed by atoms with Crippen LogP contribution in [0.25, 0.3) is 22.9 Å². The Bertz CT molecular complexity index is 1120. The summed E-state index contributed by atoms with van der Waals surface area (Å²) in [6.07, 6.45) is 0. The molecular formula is C20H17N3O4. The molecule has 0 saturated heterocycles. The van der Waals surface area contributed by atoms with Crippen LogP contribution < -0.4 is 10.5 Å².